The van der Waals surface area contributed by atoms with E-state index in [4.69, 9.17) is 9.15 Å². The Hall–Kier alpha value is -4.00. The van der Waals surface area contributed by atoms with Crippen LogP contribution in [0, 0.1) is 12.7 Å². The van der Waals surface area contributed by atoms with Gasteiger partial charge in [-0.3, -0.25) is 14.5 Å². The van der Waals surface area contributed by atoms with E-state index in [1.165, 1.54) is 17.0 Å². The predicted octanol–water partition coefficient (Wildman–Crippen LogP) is 4.39. The number of amides is 1. The van der Waals surface area contributed by atoms with Crippen molar-refractivity contribution in [1.82, 2.24) is 4.98 Å². The number of benzene rings is 2. The fraction of sp³-hybridized carbons (Fsp3) is 0.125. The molecule has 0 fully saturated rings. The predicted molar refractivity (Wildman–Crippen MR) is 113 cm³/mol. The van der Waals surface area contributed by atoms with Gasteiger partial charge >= 0.3 is 0 Å². The third-order valence-corrected chi connectivity index (χ3v) is 5.38. The average Bonchev–Trinajstić information content (AvgIpc) is 3.07. The van der Waals surface area contributed by atoms with Gasteiger partial charge in [0.15, 0.2) is 5.43 Å². The monoisotopic (exact) mass is 416 g/mol. The summed E-state index contributed by atoms with van der Waals surface area (Å²) in [7, 11) is 1.56. The minimum absolute atomic E-state index is 0.0618. The molecule has 7 heteroatoms. The number of anilines is 1. The Morgan fingerprint density at radius 1 is 1.06 bits per heavy atom. The minimum Gasteiger partial charge on any atom is -0.497 e. The highest BCUT2D eigenvalue weighted by Gasteiger charge is 2.44. The molecule has 0 spiro atoms. The van der Waals surface area contributed by atoms with E-state index in [0.29, 0.717) is 17.1 Å². The van der Waals surface area contributed by atoms with Crippen LogP contribution in [0.1, 0.15) is 33.4 Å². The van der Waals surface area contributed by atoms with Crippen LogP contribution in [0.4, 0.5) is 10.2 Å². The van der Waals surface area contributed by atoms with Crippen molar-refractivity contribution in [3.8, 4) is 5.75 Å². The maximum atomic E-state index is 13.9. The van der Waals surface area contributed by atoms with Crippen LogP contribution in [0.3, 0.4) is 0 Å². The normalized spacial score (nSPS) is 15.4. The van der Waals surface area contributed by atoms with Gasteiger partial charge in [-0.2, -0.15) is 0 Å². The van der Waals surface area contributed by atoms with E-state index in [2.05, 4.69) is 4.98 Å². The molecule has 154 valence electrons. The Bertz CT molecular complexity index is 1400. The molecule has 0 unspecified atom stereocenters. The number of nitrogens with zero attached hydrogens (tertiary/aromatic N) is 2. The lowest BCUT2D eigenvalue weighted by atomic mass is 9.98. The molecule has 0 radical (unpaired) electrons. The van der Waals surface area contributed by atoms with Crippen LogP contribution in [0.5, 0.6) is 5.75 Å². The first-order valence-corrected chi connectivity index (χ1v) is 9.65. The Balaban J connectivity index is 1.80. The van der Waals surface area contributed by atoms with Crippen molar-refractivity contribution >= 4 is 22.7 Å². The highest BCUT2D eigenvalue weighted by Crippen LogP contribution is 2.41. The molecule has 31 heavy (non-hydrogen) atoms. The molecule has 0 bridgehead atoms. The molecule has 1 aliphatic rings. The molecular formula is C24H17FN2O4. The summed E-state index contributed by atoms with van der Waals surface area (Å²) in [6.07, 6.45) is 0. The Morgan fingerprint density at radius 2 is 1.84 bits per heavy atom. The van der Waals surface area contributed by atoms with E-state index in [9.17, 15) is 14.0 Å². The van der Waals surface area contributed by atoms with Crippen molar-refractivity contribution in [2.24, 2.45) is 0 Å². The van der Waals surface area contributed by atoms with E-state index in [1.807, 2.05) is 13.0 Å². The number of aryl methyl sites for hydroxylation is 1. The molecule has 1 amide bonds. The number of hydrogen-bond donors (Lipinski definition) is 0. The van der Waals surface area contributed by atoms with E-state index in [-0.39, 0.29) is 22.3 Å². The summed E-state index contributed by atoms with van der Waals surface area (Å²) < 4.78 is 24.9. The van der Waals surface area contributed by atoms with Gasteiger partial charge in [-0.05, 0) is 55.0 Å². The van der Waals surface area contributed by atoms with Crippen molar-refractivity contribution in [1.29, 1.82) is 0 Å². The van der Waals surface area contributed by atoms with Gasteiger partial charge in [0.05, 0.1) is 24.1 Å². The standard InChI is InChI=1S/C24H17FN2O4/c1-13-4-3-5-19(26-13)27-21(14-6-9-16(30-2)10-7-14)20-22(28)17-12-15(25)8-11-18(17)31-23(20)24(27)29/h3-12,21H,1-2H3/t21-/m1/s1. The molecule has 2 aromatic heterocycles. The third-order valence-electron chi connectivity index (χ3n) is 5.38. The summed E-state index contributed by atoms with van der Waals surface area (Å²) in [6, 6.07) is 15.3. The minimum atomic E-state index is -0.772. The van der Waals surface area contributed by atoms with Crippen molar-refractivity contribution in [3.63, 3.8) is 0 Å². The van der Waals surface area contributed by atoms with E-state index >= 15 is 0 Å². The highest BCUT2D eigenvalue weighted by atomic mass is 19.1. The maximum absolute atomic E-state index is 13.9. The second-order valence-electron chi connectivity index (χ2n) is 7.30. The number of carbonyl (C=O) groups is 1. The highest BCUT2D eigenvalue weighted by molar-refractivity contribution is 6.10. The number of rotatable bonds is 3. The van der Waals surface area contributed by atoms with E-state index in [1.54, 1.807) is 43.5 Å². The number of halogens is 1. The quantitative estimate of drug-likeness (QED) is 0.495. The van der Waals surface area contributed by atoms with Crippen LogP contribution < -0.4 is 15.1 Å². The van der Waals surface area contributed by atoms with Gasteiger partial charge in [-0.1, -0.05) is 18.2 Å². The molecule has 0 saturated carbocycles. The zero-order valence-corrected chi connectivity index (χ0v) is 16.8. The second kappa shape index (κ2) is 7.05. The number of aromatic nitrogens is 1. The molecule has 3 heterocycles. The van der Waals surface area contributed by atoms with E-state index in [0.717, 1.165) is 11.8 Å². The molecular weight excluding hydrogens is 399 g/mol. The van der Waals surface area contributed by atoms with Crippen molar-refractivity contribution in [2.75, 3.05) is 12.0 Å². The van der Waals surface area contributed by atoms with Gasteiger partial charge in [0, 0.05) is 5.69 Å². The van der Waals surface area contributed by atoms with Gasteiger partial charge in [-0.25, -0.2) is 9.37 Å². The summed E-state index contributed by atoms with van der Waals surface area (Å²) >= 11 is 0. The first-order valence-electron chi connectivity index (χ1n) is 9.65. The van der Waals surface area contributed by atoms with Crippen LogP contribution in [0.2, 0.25) is 0 Å². The van der Waals surface area contributed by atoms with Gasteiger partial charge in [0.25, 0.3) is 5.91 Å². The molecule has 1 atom stereocenters. The Kier molecular flexibility index (Phi) is 4.32. The summed E-state index contributed by atoms with van der Waals surface area (Å²) in [5.74, 6) is -0.0549. The molecule has 0 saturated heterocycles. The molecule has 1 aliphatic heterocycles. The maximum Gasteiger partial charge on any atom is 0.296 e. The molecule has 5 rings (SSSR count). The lowest BCUT2D eigenvalue weighted by molar-refractivity contribution is 0.0970. The van der Waals surface area contributed by atoms with Crippen LogP contribution in [0.25, 0.3) is 11.0 Å². The summed E-state index contributed by atoms with van der Waals surface area (Å²) in [4.78, 5) is 32.8. The number of carbonyl (C=O) groups excluding carboxylic acids is 1. The topological polar surface area (TPSA) is 72.6 Å². The first kappa shape index (κ1) is 19.0. The zero-order chi connectivity index (χ0) is 21.7. The third kappa shape index (κ3) is 2.97. The number of hydrogen-bond acceptors (Lipinski definition) is 5. The molecule has 0 aliphatic carbocycles. The Labute approximate surface area is 176 Å². The number of methoxy groups -OCH3 is 1. The fourth-order valence-electron chi connectivity index (χ4n) is 3.95. The van der Waals surface area contributed by atoms with Gasteiger partial charge < -0.3 is 9.15 Å². The second-order valence-corrected chi connectivity index (χ2v) is 7.30. The fourth-order valence-corrected chi connectivity index (χ4v) is 3.95. The smallest absolute Gasteiger partial charge is 0.296 e. The molecule has 6 nitrogen and oxygen atoms in total. The van der Waals surface area contributed by atoms with Gasteiger partial charge in [-0.15, -0.1) is 0 Å². The summed E-state index contributed by atoms with van der Waals surface area (Å²) in [5.41, 5.74) is 1.28. The van der Waals surface area contributed by atoms with Crippen molar-refractivity contribution < 1.29 is 18.3 Å². The van der Waals surface area contributed by atoms with Gasteiger partial charge in [0.2, 0.25) is 5.76 Å². The Morgan fingerprint density at radius 3 is 2.55 bits per heavy atom. The van der Waals surface area contributed by atoms with Gasteiger partial charge in [0.1, 0.15) is 23.0 Å². The number of ether oxygens (including phenoxy) is 1. The van der Waals surface area contributed by atoms with Crippen molar-refractivity contribution in [3.05, 3.63) is 99.3 Å². The largest absolute Gasteiger partial charge is 0.497 e. The average molecular weight is 416 g/mol. The molecule has 4 aromatic rings. The number of fused-ring (bicyclic) bond motifs is 2. The van der Waals surface area contributed by atoms with Crippen LogP contribution in [-0.2, 0) is 0 Å². The zero-order valence-electron chi connectivity index (χ0n) is 16.8. The molecule has 2 aromatic carbocycles. The summed E-state index contributed by atoms with van der Waals surface area (Å²) in [5, 5.41) is 0.0871. The first-order chi connectivity index (χ1) is 15.0. The van der Waals surface area contributed by atoms with Crippen LogP contribution in [-0.4, -0.2) is 18.0 Å². The van der Waals surface area contributed by atoms with Crippen LogP contribution >= 0.6 is 0 Å². The van der Waals surface area contributed by atoms with Crippen LogP contribution in [0.15, 0.2) is 69.9 Å². The van der Waals surface area contributed by atoms with E-state index < -0.39 is 23.2 Å². The molecule has 0 N–H and O–H groups in total. The number of pyridine rings is 1. The lowest BCUT2D eigenvalue weighted by Crippen LogP contribution is -2.30. The SMILES string of the molecule is COc1ccc([C@@H]2c3c(oc4ccc(F)cc4c3=O)C(=O)N2c2cccc(C)n2)cc1. The van der Waals surface area contributed by atoms with Crippen molar-refractivity contribution in [2.45, 2.75) is 13.0 Å². The summed E-state index contributed by atoms with van der Waals surface area (Å²) in [6.45, 7) is 1.82. The lowest BCUT2D eigenvalue weighted by Gasteiger charge is -2.24.